The summed E-state index contributed by atoms with van der Waals surface area (Å²) in [5.41, 5.74) is 3.37. The van der Waals surface area contributed by atoms with Crippen LogP contribution in [0.3, 0.4) is 0 Å². The number of Topliss-reactive ketones (excluding diaryl/α,β-unsaturated/α-hetero) is 1. The van der Waals surface area contributed by atoms with Gasteiger partial charge in [0.1, 0.15) is 18.8 Å². The number of fused-ring (bicyclic) bond motifs is 2. The number of carbonyl (C=O) groups excluding carboxylic acids is 1. The van der Waals surface area contributed by atoms with Crippen LogP contribution in [0.2, 0.25) is 0 Å². The molecule has 0 fully saturated rings. The van der Waals surface area contributed by atoms with Crippen molar-refractivity contribution >= 4 is 45.0 Å². The lowest BCUT2D eigenvalue weighted by atomic mass is 10.1. The molecule has 0 unspecified atom stereocenters. The molecule has 3 aromatic heterocycles. The highest BCUT2D eigenvalue weighted by Gasteiger charge is 2.24. The number of benzene rings is 2. The van der Waals surface area contributed by atoms with Crippen LogP contribution in [0.1, 0.15) is 80.4 Å². The van der Waals surface area contributed by atoms with E-state index in [4.69, 9.17) is 19.9 Å². The average molecular weight is 727 g/mol. The molecule has 0 bridgehead atoms. The monoisotopic (exact) mass is 726 g/mol. The van der Waals surface area contributed by atoms with Crippen LogP contribution >= 0.6 is 23.1 Å². The summed E-state index contributed by atoms with van der Waals surface area (Å²) < 4.78 is 5.66. The van der Waals surface area contributed by atoms with E-state index in [9.17, 15) is 9.90 Å². The summed E-state index contributed by atoms with van der Waals surface area (Å²) in [6.45, 7) is 6.78. The lowest BCUT2D eigenvalue weighted by molar-refractivity contribution is -0.697. The zero-order chi connectivity index (χ0) is 36.8. The molecule has 51 heavy (non-hydrogen) atoms. The zero-order valence-corrected chi connectivity index (χ0v) is 30.9. The van der Waals surface area contributed by atoms with Gasteiger partial charge in [0, 0.05) is 77.5 Å². The van der Waals surface area contributed by atoms with Gasteiger partial charge < -0.3 is 5.11 Å². The molecule has 1 aliphatic heterocycles. The third-order valence-corrected chi connectivity index (χ3v) is 10.6. The Morgan fingerprint density at radius 3 is 1.73 bits per heavy atom. The normalized spacial score (nSPS) is 12.4. The molecule has 10 heteroatoms. The second-order valence-corrected chi connectivity index (χ2v) is 14.1. The molecule has 0 saturated carbocycles. The molecule has 8 nitrogen and oxygen atoms in total. The third-order valence-electron chi connectivity index (χ3n) is 8.32. The molecule has 1 N–H and O–H groups in total. The van der Waals surface area contributed by atoms with E-state index < -0.39 is 0 Å². The second-order valence-electron chi connectivity index (χ2n) is 11.9. The predicted octanol–water partition coefficient (Wildman–Crippen LogP) is 10.7. The number of aromatic hydroxyl groups is 1. The van der Waals surface area contributed by atoms with Gasteiger partial charge in [0.15, 0.2) is 24.8 Å². The van der Waals surface area contributed by atoms with Crippen molar-refractivity contribution in [3.8, 4) is 16.9 Å². The third kappa shape index (κ3) is 12.2. The number of thiophene rings is 1. The average Bonchev–Trinajstić information content (AvgIpc) is 3.69. The van der Waals surface area contributed by atoms with Gasteiger partial charge in [-0.3, -0.25) is 4.79 Å². The van der Waals surface area contributed by atoms with Gasteiger partial charge in [-0.15, -0.1) is 11.3 Å². The van der Waals surface area contributed by atoms with Crippen molar-refractivity contribution in [1.29, 1.82) is 0 Å². The highest BCUT2D eigenvalue weighted by Crippen LogP contribution is 2.40. The van der Waals surface area contributed by atoms with E-state index in [0.717, 1.165) is 38.5 Å². The summed E-state index contributed by atoms with van der Waals surface area (Å²) in [4.78, 5) is 42.8. The van der Waals surface area contributed by atoms with E-state index in [0.29, 0.717) is 10.7 Å². The van der Waals surface area contributed by atoms with Crippen LogP contribution in [-0.2, 0) is 13.1 Å². The van der Waals surface area contributed by atoms with Crippen molar-refractivity contribution < 1.29 is 19.0 Å². The van der Waals surface area contributed by atoms with Gasteiger partial charge >= 0.3 is 0 Å². The highest BCUT2D eigenvalue weighted by molar-refractivity contribution is 8.04. The predicted molar refractivity (Wildman–Crippen MR) is 211 cm³/mol. The van der Waals surface area contributed by atoms with Crippen LogP contribution < -0.4 is 9.13 Å². The Morgan fingerprint density at radius 2 is 1.20 bits per heavy atom. The van der Waals surface area contributed by atoms with Crippen molar-refractivity contribution in [3.05, 3.63) is 145 Å². The Morgan fingerprint density at radius 1 is 0.667 bits per heavy atom. The number of pyridine rings is 2. The molecule has 5 aromatic rings. The molecule has 6 rings (SSSR count). The van der Waals surface area contributed by atoms with Gasteiger partial charge in [0.25, 0.3) is 0 Å². The van der Waals surface area contributed by atoms with Crippen molar-refractivity contribution in [1.82, 2.24) is 0 Å². The molecule has 0 saturated heterocycles. The fourth-order valence-corrected chi connectivity index (χ4v) is 7.59. The SMILES string of the molecule is CCCCCC[n+]1ccc(-c2cc[n+](CCCCCC)cc2)cc1.O=C1C(=CC=Cc2sc3ccccc3c2O)Sc2ccccc21.O=O.O=O. The number of carbonyl (C=O) groups is 1. The van der Waals surface area contributed by atoms with Gasteiger partial charge in [-0.1, -0.05) is 81.6 Å². The van der Waals surface area contributed by atoms with Gasteiger partial charge in [-0.2, -0.15) is 0 Å². The minimum absolute atomic E-state index is 0.0656. The molecule has 0 radical (unpaired) electrons. The Kier molecular flexibility index (Phi) is 18.2. The van der Waals surface area contributed by atoms with Crippen LogP contribution in [0.4, 0.5) is 0 Å². The molecule has 1 aliphatic rings. The number of aryl methyl sites for hydroxylation is 2. The standard InChI is InChI=1S/C22H34N2.C19H12O2S2.2O2/c1-3-5-7-9-15-23-17-11-21(12-18-23)22-13-19-24(20-14-22)16-10-8-6-4-2;20-18-12-6-1-3-8-14(12)22-16(18)10-5-11-17-19(21)13-7-2-4-9-15(13)23-17;2*1-2/h11-14,17-20H,3-10,15-16H2,1-2H3;1-11,20H;;/q+2;;;. The fourth-order valence-electron chi connectivity index (χ4n) is 5.58. The molecule has 2 aromatic carbocycles. The van der Waals surface area contributed by atoms with Crippen LogP contribution in [-0.4, -0.2) is 10.9 Å². The topological polar surface area (TPSA) is 113 Å². The van der Waals surface area contributed by atoms with Gasteiger partial charge in [-0.25, -0.2) is 9.13 Å². The molecule has 0 amide bonds. The summed E-state index contributed by atoms with van der Waals surface area (Å²) >= 11 is 3.03. The van der Waals surface area contributed by atoms with Gasteiger partial charge in [0.2, 0.25) is 5.78 Å². The van der Waals surface area contributed by atoms with Gasteiger partial charge in [0.05, 0.1) is 9.78 Å². The van der Waals surface area contributed by atoms with Crippen molar-refractivity contribution in [2.45, 2.75) is 83.2 Å². The van der Waals surface area contributed by atoms with Crippen molar-refractivity contribution in [2.75, 3.05) is 0 Å². The first kappa shape index (κ1) is 40.6. The molecule has 0 aliphatic carbocycles. The number of aromatic nitrogens is 2. The van der Waals surface area contributed by atoms with Crippen molar-refractivity contribution in [3.63, 3.8) is 0 Å². The van der Waals surface area contributed by atoms with E-state index in [1.165, 1.54) is 85.6 Å². The van der Waals surface area contributed by atoms with E-state index in [-0.39, 0.29) is 5.78 Å². The summed E-state index contributed by atoms with van der Waals surface area (Å²) in [6, 6.07) is 24.3. The van der Waals surface area contributed by atoms with Gasteiger partial charge in [-0.05, 0) is 60.4 Å². The van der Waals surface area contributed by atoms with Crippen LogP contribution in [0.25, 0.3) is 27.3 Å². The first-order valence-electron chi connectivity index (χ1n) is 17.3. The number of hydrogen-bond donors (Lipinski definition) is 1. The zero-order valence-electron chi connectivity index (χ0n) is 29.2. The van der Waals surface area contributed by atoms with E-state index >= 15 is 0 Å². The molecular weight excluding hydrogens is 681 g/mol. The summed E-state index contributed by atoms with van der Waals surface area (Å²) in [5.74, 6) is 0.366. The lowest BCUT2D eigenvalue weighted by Crippen LogP contribution is -2.33. The highest BCUT2D eigenvalue weighted by atomic mass is 32.2. The van der Waals surface area contributed by atoms with E-state index in [1.807, 2.05) is 66.8 Å². The smallest absolute Gasteiger partial charge is 0.200 e. The number of hydrogen-bond acceptors (Lipinski definition) is 8. The Bertz CT molecular complexity index is 1800. The Hall–Kier alpha value is -4.80. The number of rotatable bonds is 13. The maximum atomic E-state index is 12.3. The molecular formula is C41H46N2O6S2+2. The maximum Gasteiger partial charge on any atom is 0.200 e. The summed E-state index contributed by atoms with van der Waals surface area (Å²) in [5, 5.41) is 11.1. The Balaban J connectivity index is 0.000000251. The van der Waals surface area contributed by atoms with E-state index in [2.05, 4.69) is 72.0 Å². The van der Waals surface area contributed by atoms with Crippen LogP contribution in [0, 0.1) is 19.9 Å². The quantitative estimate of drug-likeness (QED) is 0.0730. The molecule has 266 valence electrons. The van der Waals surface area contributed by atoms with Crippen LogP contribution in [0.5, 0.6) is 5.75 Å². The fraction of sp³-hybridized carbons (Fsp3) is 0.293. The number of unbranched alkanes of at least 4 members (excludes halogenated alkanes) is 6. The first-order valence-corrected chi connectivity index (χ1v) is 18.9. The largest absolute Gasteiger partial charge is 0.506 e. The number of thioether (sulfide) groups is 1. The number of ketones is 1. The van der Waals surface area contributed by atoms with Crippen molar-refractivity contribution in [2.24, 2.45) is 0 Å². The summed E-state index contributed by atoms with van der Waals surface area (Å²) in [7, 11) is 0. The molecule has 0 spiro atoms. The maximum absolute atomic E-state index is 12.3. The number of nitrogens with zero attached hydrogens (tertiary/aromatic N) is 2. The van der Waals surface area contributed by atoms with E-state index in [1.54, 1.807) is 0 Å². The minimum atomic E-state index is 0.0656. The van der Waals surface area contributed by atoms with Crippen LogP contribution in [0.15, 0.2) is 120 Å². The number of allylic oxidation sites excluding steroid dienone is 3. The second kappa shape index (κ2) is 22.8. The Labute approximate surface area is 308 Å². The molecule has 4 heterocycles. The minimum Gasteiger partial charge on any atom is -0.506 e. The first-order chi connectivity index (χ1) is 25.1. The lowest BCUT2D eigenvalue weighted by Gasteiger charge is -2.02. The molecule has 0 atom stereocenters. The summed E-state index contributed by atoms with van der Waals surface area (Å²) in [6.07, 6.45) is 24.9.